The topological polar surface area (TPSA) is 67.8 Å². The van der Waals surface area contributed by atoms with E-state index in [-0.39, 0.29) is 29.9 Å². The summed E-state index contributed by atoms with van der Waals surface area (Å²) >= 11 is 0. The normalized spacial score (nSPS) is 11.4. The van der Waals surface area contributed by atoms with Crippen molar-refractivity contribution in [1.29, 1.82) is 0 Å². The molecule has 0 atom stereocenters. The third kappa shape index (κ3) is 9.68. The third-order valence-electron chi connectivity index (χ3n) is 3.54. The third-order valence-corrected chi connectivity index (χ3v) is 3.54. The van der Waals surface area contributed by atoms with Gasteiger partial charge in [-0.05, 0) is 30.2 Å². The lowest BCUT2D eigenvalue weighted by Crippen LogP contribution is -2.36. The highest BCUT2D eigenvalue weighted by Gasteiger charge is 2.28. The molecule has 10 heteroatoms. The standard InChI is InChI=1S/C19H23F3N4O2.HI/c1-3-23-18(25-10-14-5-4-6-16(9-14)27-2)26-12-15-7-8-17(24-11-15)28-13-19(20,21)22;/h4-9,11H,3,10,12-13H2,1-2H3,(H2,23,25,26);1H. The lowest BCUT2D eigenvalue weighted by atomic mass is 10.2. The number of benzene rings is 1. The van der Waals surface area contributed by atoms with Crippen LogP contribution in [-0.4, -0.2) is 37.4 Å². The van der Waals surface area contributed by atoms with Gasteiger partial charge in [-0.25, -0.2) is 9.98 Å². The Morgan fingerprint density at radius 3 is 2.55 bits per heavy atom. The molecule has 1 aromatic heterocycles. The first kappa shape index (κ1) is 24.8. The van der Waals surface area contributed by atoms with Crippen LogP contribution in [0.2, 0.25) is 0 Å². The van der Waals surface area contributed by atoms with Crippen molar-refractivity contribution >= 4 is 29.9 Å². The van der Waals surface area contributed by atoms with E-state index in [2.05, 4.69) is 25.3 Å². The summed E-state index contributed by atoms with van der Waals surface area (Å²) in [6, 6.07) is 10.7. The van der Waals surface area contributed by atoms with Gasteiger partial charge in [0.25, 0.3) is 0 Å². The summed E-state index contributed by atoms with van der Waals surface area (Å²) in [5.74, 6) is 1.32. The largest absolute Gasteiger partial charge is 0.497 e. The molecule has 0 unspecified atom stereocenters. The van der Waals surface area contributed by atoms with Gasteiger partial charge < -0.3 is 20.1 Å². The highest BCUT2D eigenvalue weighted by molar-refractivity contribution is 14.0. The Morgan fingerprint density at radius 1 is 1.14 bits per heavy atom. The second-order valence-corrected chi connectivity index (χ2v) is 5.81. The Hall–Kier alpha value is -2.24. The Balaban J connectivity index is 0.00000420. The molecule has 29 heavy (non-hydrogen) atoms. The van der Waals surface area contributed by atoms with Crippen molar-refractivity contribution < 1.29 is 22.6 Å². The van der Waals surface area contributed by atoms with E-state index in [1.165, 1.54) is 12.3 Å². The van der Waals surface area contributed by atoms with Gasteiger partial charge in [-0.3, -0.25) is 0 Å². The van der Waals surface area contributed by atoms with Crippen LogP contribution in [0.1, 0.15) is 18.1 Å². The first-order valence-electron chi connectivity index (χ1n) is 8.69. The van der Waals surface area contributed by atoms with Crippen LogP contribution in [0.5, 0.6) is 11.6 Å². The van der Waals surface area contributed by atoms with Gasteiger partial charge >= 0.3 is 6.18 Å². The molecular weight excluding hydrogens is 500 g/mol. The van der Waals surface area contributed by atoms with E-state index < -0.39 is 12.8 Å². The second-order valence-electron chi connectivity index (χ2n) is 5.81. The number of hydrogen-bond donors (Lipinski definition) is 2. The zero-order chi connectivity index (χ0) is 20.4. The molecule has 0 saturated carbocycles. The predicted octanol–water partition coefficient (Wildman–Crippen LogP) is 3.90. The van der Waals surface area contributed by atoms with E-state index in [1.807, 2.05) is 31.2 Å². The number of guanidine groups is 1. The minimum atomic E-state index is -4.39. The molecule has 1 heterocycles. The van der Waals surface area contributed by atoms with Crippen molar-refractivity contribution in [2.45, 2.75) is 26.2 Å². The maximum atomic E-state index is 12.1. The van der Waals surface area contributed by atoms with Crippen LogP contribution in [-0.2, 0) is 13.1 Å². The summed E-state index contributed by atoms with van der Waals surface area (Å²) in [6.07, 6.45) is -2.94. The summed E-state index contributed by atoms with van der Waals surface area (Å²) in [5, 5.41) is 6.36. The van der Waals surface area contributed by atoms with Crippen molar-refractivity contribution in [2.75, 3.05) is 20.3 Å². The van der Waals surface area contributed by atoms with Gasteiger partial charge in [-0.2, -0.15) is 13.2 Å². The van der Waals surface area contributed by atoms with Crippen LogP contribution in [0.4, 0.5) is 13.2 Å². The Morgan fingerprint density at radius 2 is 1.93 bits per heavy atom. The molecular formula is C19H24F3IN4O2. The SMILES string of the molecule is CCNC(=NCc1ccc(OCC(F)(F)F)nc1)NCc1cccc(OC)c1.I. The van der Waals surface area contributed by atoms with Crippen LogP contribution in [0.25, 0.3) is 0 Å². The molecule has 0 radical (unpaired) electrons. The zero-order valence-corrected chi connectivity index (χ0v) is 18.5. The molecule has 0 aliphatic rings. The molecule has 2 aromatic rings. The lowest BCUT2D eigenvalue weighted by molar-refractivity contribution is -0.154. The molecule has 2 N–H and O–H groups in total. The molecule has 160 valence electrons. The van der Waals surface area contributed by atoms with E-state index in [0.717, 1.165) is 16.9 Å². The number of methoxy groups -OCH3 is 1. The quantitative estimate of drug-likeness (QED) is 0.312. The summed E-state index contributed by atoms with van der Waals surface area (Å²) < 4.78 is 46.2. The van der Waals surface area contributed by atoms with Crippen LogP contribution in [0.15, 0.2) is 47.6 Å². The van der Waals surface area contributed by atoms with Gasteiger partial charge in [0, 0.05) is 25.4 Å². The number of aliphatic imine (C=N–C) groups is 1. The van der Waals surface area contributed by atoms with E-state index >= 15 is 0 Å². The van der Waals surface area contributed by atoms with Crippen LogP contribution in [0, 0.1) is 0 Å². The fourth-order valence-corrected chi connectivity index (χ4v) is 2.23. The number of aromatic nitrogens is 1. The minimum absolute atomic E-state index is 0. The lowest BCUT2D eigenvalue weighted by Gasteiger charge is -2.12. The first-order valence-corrected chi connectivity index (χ1v) is 8.69. The van der Waals surface area contributed by atoms with Crippen LogP contribution < -0.4 is 20.1 Å². The van der Waals surface area contributed by atoms with Crippen molar-refractivity contribution in [3.05, 3.63) is 53.7 Å². The van der Waals surface area contributed by atoms with Crippen molar-refractivity contribution in [1.82, 2.24) is 15.6 Å². The highest BCUT2D eigenvalue weighted by atomic mass is 127. The number of nitrogens with zero attached hydrogens (tertiary/aromatic N) is 2. The van der Waals surface area contributed by atoms with Gasteiger partial charge in [0.2, 0.25) is 5.88 Å². The number of pyridine rings is 1. The average molecular weight is 524 g/mol. The second kappa shape index (κ2) is 12.3. The molecule has 0 saturated heterocycles. The minimum Gasteiger partial charge on any atom is -0.497 e. The van der Waals surface area contributed by atoms with E-state index in [4.69, 9.17) is 4.74 Å². The van der Waals surface area contributed by atoms with Gasteiger partial charge in [-0.15, -0.1) is 24.0 Å². The molecule has 6 nitrogen and oxygen atoms in total. The molecule has 1 aromatic carbocycles. The average Bonchev–Trinajstić information content (AvgIpc) is 2.69. The van der Waals surface area contributed by atoms with E-state index in [1.54, 1.807) is 13.2 Å². The maximum Gasteiger partial charge on any atom is 0.422 e. The number of halogens is 4. The molecule has 0 aliphatic heterocycles. The summed E-state index contributed by atoms with van der Waals surface area (Å²) in [4.78, 5) is 8.33. The Labute approximate surface area is 184 Å². The fourth-order valence-electron chi connectivity index (χ4n) is 2.23. The molecule has 0 fully saturated rings. The van der Waals surface area contributed by atoms with Gasteiger partial charge in [-0.1, -0.05) is 18.2 Å². The van der Waals surface area contributed by atoms with Crippen molar-refractivity contribution in [2.24, 2.45) is 4.99 Å². The zero-order valence-electron chi connectivity index (χ0n) is 16.1. The van der Waals surface area contributed by atoms with Crippen LogP contribution >= 0.6 is 24.0 Å². The summed E-state index contributed by atoms with van der Waals surface area (Å²) in [7, 11) is 1.62. The van der Waals surface area contributed by atoms with E-state index in [0.29, 0.717) is 25.6 Å². The smallest absolute Gasteiger partial charge is 0.422 e. The summed E-state index contributed by atoms with van der Waals surface area (Å²) in [6.45, 7) is 2.16. The number of ether oxygens (including phenoxy) is 2. The van der Waals surface area contributed by atoms with Gasteiger partial charge in [0.05, 0.1) is 13.7 Å². The first-order chi connectivity index (χ1) is 13.4. The Kier molecular flexibility index (Phi) is 10.6. The number of alkyl halides is 3. The van der Waals surface area contributed by atoms with Gasteiger partial charge in [0.1, 0.15) is 5.75 Å². The predicted molar refractivity (Wildman–Crippen MR) is 116 cm³/mol. The van der Waals surface area contributed by atoms with E-state index in [9.17, 15) is 13.2 Å². The fraction of sp³-hybridized carbons (Fsp3) is 0.368. The number of hydrogen-bond acceptors (Lipinski definition) is 4. The molecule has 0 spiro atoms. The molecule has 2 rings (SSSR count). The monoisotopic (exact) mass is 524 g/mol. The molecule has 0 amide bonds. The Bertz CT molecular complexity index is 771. The van der Waals surface area contributed by atoms with Crippen LogP contribution in [0.3, 0.4) is 0 Å². The molecule has 0 aliphatic carbocycles. The maximum absolute atomic E-state index is 12.1. The number of rotatable bonds is 8. The highest BCUT2D eigenvalue weighted by Crippen LogP contribution is 2.17. The molecule has 0 bridgehead atoms. The van der Waals surface area contributed by atoms with Crippen molar-refractivity contribution in [3.8, 4) is 11.6 Å². The number of nitrogens with one attached hydrogen (secondary N) is 2. The van der Waals surface area contributed by atoms with Gasteiger partial charge in [0.15, 0.2) is 12.6 Å². The van der Waals surface area contributed by atoms with Crippen molar-refractivity contribution in [3.63, 3.8) is 0 Å². The summed E-state index contributed by atoms with van der Waals surface area (Å²) in [5.41, 5.74) is 1.79.